The van der Waals surface area contributed by atoms with Crippen LogP contribution in [0.2, 0.25) is 0 Å². The van der Waals surface area contributed by atoms with Crippen LogP contribution in [0.4, 0.5) is 0 Å². The molecule has 0 aromatic carbocycles. The zero-order valence-corrected chi connectivity index (χ0v) is 12.9. The third kappa shape index (κ3) is 2.87. The highest BCUT2D eigenvalue weighted by Gasteiger charge is 2.18. The van der Waals surface area contributed by atoms with Crippen LogP contribution >= 0.6 is 0 Å². The van der Waals surface area contributed by atoms with Gasteiger partial charge in [0.25, 0.3) is 5.91 Å². The summed E-state index contributed by atoms with van der Waals surface area (Å²) in [6.45, 7) is 6.04. The number of rotatable bonds is 4. The zero-order valence-electron chi connectivity index (χ0n) is 12.9. The predicted molar refractivity (Wildman–Crippen MR) is 81.7 cm³/mol. The first-order valence-corrected chi connectivity index (χ1v) is 7.53. The second-order valence-electron chi connectivity index (χ2n) is 5.56. The third-order valence-electron chi connectivity index (χ3n) is 4.10. The van der Waals surface area contributed by atoms with Gasteiger partial charge in [-0.1, -0.05) is 5.16 Å². The van der Waals surface area contributed by atoms with E-state index < -0.39 is 0 Å². The van der Waals surface area contributed by atoms with Crippen LogP contribution in [0.5, 0.6) is 0 Å². The number of carbonyl (C=O) groups excluding carboxylic acids is 1. The Balaban J connectivity index is 1.66. The van der Waals surface area contributed by atoms with E-state index in [0.29, 0.717) is 12.1 Å². The number of hydrogen-bond donors (Lipinski definition) is 2. The first-order chi connectivity index (χ1) is 10.7. The van der Waals surface area contributed by atoms with E-state index in [1.165, 1.54) is 0 Å². The van der Waals surface area contributed by atoms with Crippen molar-refractivity contribution in [2.45, 2.75) is 33.2 Å². The van der Waals surface area contributed by atoms with Gasteiger partial charge >= 0.3 is 0 Å². The Morgan fingerprint density at radius 2 is 2.27 bits per heavy atom. The van der Waals surface area contributed by atoms with E-state index in [0.717, 1.165) is 54.1 Å². The van der Waals surface area contributed by atoms with Crippen molar-refractivity contribution in [3.63, 3.8) is 0 Å². The Morgan fingerprint density at radius 1 is 1.41 bits per heavy atom. The van der Waals surface area contributed by atoms with Crippen molar-refractivity contribution in [1.82, 2.24) is 20.8 Å². The average Bonchev–Trinajstić information content (AvgIpc) is 2.86. The van der Waals surface area contributed by atoms with E-state index in [2.05, 4.69) is 20.8 Å². The van der Waals surface area contributed by atoms with Gasteiger partial charge in [0.1, 0.15) is 5.76 Å². The molecule has 0 saturated heterocycles. The Hall–Kier alpha value is -2.21. The van der Waals surface area contributed by atoms with Crippen LogP contribution in [-0.2, 0) is 19.4 Å². The number of pyridine rings is 1. The topological polar surface area (TPSA) is 80.1 Å². The number of carbonyl (C=O) groups is 1. The normalized spacial score (nSPS) is 13.7. The van der Waals surface area contributed by atoms with E-state index in [1.54, 1.807) is 6.20 Å². The molecular formula is C16H20N4O2. The Labute approximate surface area is 129 Å². The van der Waals surface area contributed by atoms with Gasteiger partial charge in [-0.25, -0.2) is 0 Å². The van der Waals surface area contributed by atoms with Gasteiger partial charge in [0.15, 0.2) is 0 Å². The molecule has 3 rings (SSSR count). The van der Waals surface area contributed by atoms with Crippen molar-refractivity contribution in [3.8, 4) is 0 Å². The van der Waals surface area contributed by atoms with Gasteiger partial charge in [0.05, 0.1) is 11.3 Å². The molecule has 0 fully saturated rings. The van der Waals surface area contributed by atoms with Crippen molar-refractivity contribution in [2.24, 2.45) is 0 Å². The number of nitrogens with one attached hydrogen (secondary N) is 2. The van der Waals surface area contributed by atoms with Gasteiger partial charge in [-0.05, 0) is 44.4 Å². The van der Waals surface area contributed by atoms with Gasteiger partial charge in [-0.15, -0.1) is 0 Å². The SMILES string of the molecule is Cc1noc(C)c1CCNC(=O)c1cncc2c1CCNC2. The Kier molecular flexibility index (Phi) is 4.20. The molecule has 3 heterocycles. The molecule has 116 valence electrons. The maximum atomic E-state index is 12.4. The fourth-order valence-electron chi connectivity index (χ4n) is 2.87. The fraction of sp³-hybridized carbons (Fsp3) is 0.438. The molecule has 1 aliphatic rings. The minimum atomic E-state index is -0.0574. The lowest BCUT2D eigenvalue weighted by Gasteiger charge is -2.19. The van der Waals surface area contributed by atoms with Crippen molar-refractivity contribution >= 4 is 5.91 Å². The highest BCUT2D eigenvalue weighted by Crippen LogP contribution is 2.17. The maximum absolute atomic E-state index is 12.4. The molecule has 0 saturated carbocycles. The molecule has 22 heavy (non-hydrogen) atoms. The fourth-order valence-corrected chi connectivity index (χ4v) is 2.87. The van der Waals surface area contributed by atoms with Gasteiger partial charge in [-0.3, -0.25) is 9.78 Å². The smallest absolute Gasteiger partial charge is 0.253 e. The molecule has 2 aromatic heterocycles. The van der Waals surface area contributed by atoms with Crippen molar-refractivity contribution in [3.05, 3.63) is 46.1 Å². The number of amides is 1. The summed E-state index contributed by atoms with van der Waals surface area (Å²) in [4.78, 5) is 16.6. The molecule has 1 amide bonds. The van der Waals surface area contributed by atoms with Crippen LogP contribution < -0.4 is 10.6 Å². The van der Waals surface area contributed by atoms with Crippen molar-refractivity contribution in [2.75, 3.05) is 13.1 Å². The van der Waals surface area contributed by atoms with Crippen LogP contribution in [0, 0.1) is 13.8 Å². The van der Waals surface area contributed by atoms with E-state index in [9.17, 15) is 4.79 Å². The van der Waals surface area contributed by atoms with Gasteiger partial charge < -0.3 is 15.2 Å². The third-order valence-corrected chi connectivity index (χ3v) is 4.10. The lowest BCUT2D eigenvalue weighted by molar-refractivity contribution is 0.0952. The quantitative estimate of drug-likeness (QED) is 0.890. The number of fused-ring (bicyclic) bond motifs is 1. The van der Waals surface area contributed by atoms with Crippen LogP contribution in [-0.4, -0.2) is 29.1 Å². The summed E-state index contributed by atoms with van der Waals surface area (Å²) in [5.74, 6) is 0.759. The van der Waals surface area contributed by atoms with Crippen molar-refractivity contribution in [1.29, 1.82) is 0 Å². The molecule has 0 atom stereocenters. The van der Waals surface area contributed by atoms with Crippen molar-refractivity contribution < 1.29 is 9.32 Å². The molecular weight excluding hydrogens is 280 g/mol. The summed E-state index contributed by atoms with van der Waals surface area (Å²) < 4.78 is 5.13. The number of aryl methyl sites for hydroxylation is 2. The van der Waals surface area contributed by atoms with Crippen LogP contribution in [0.3, 0.4) is 0 Å². The second-order valence-corrected chi connectivity index (χ2v) is 5.56. The zero-order chi connectivity index (χ0) is 15.5. The second kappa shape index (κ2) is 6.27. The average molecular weight is 300 g/mol. The first kappa shape index (κ1) is 14.7. The van der Waals surface area contributed by atoms with Crippen LogP contribution in [0.1, 0.15) is 38.5 Å². The molecule has 0 aliphatic carbocycles. The number of nitrogens with zero attached hydrogens (tertiary/aromatic N) is 2. The van der Waals surface area contributed by atoms with Gasteiger partial charge in [-0.2, -0.15) is 0 Å². The monoisotopic (exact) mass is 300 g/mol. The Morgan fingerprint density at radius 3 is 3.05 bits per heavy atom. The van der Waals surface area contributed by atoms with E-state index >= 15 is 0 Å². The van der Waals surface area contributed by atoms with Crippen LogP contribution in [0.25, 0.3) is 0 Å². The summed E-state index contributed by atoms with van der Waals surface area (Å²) in [5, 5.41) is 10.2. The summed E-state index contributed by atoms with van der Waals surface area (Å²) in [6.07, 6.45) is 5.08. The molecule has 6 nitrogen and oxygen atoms in total. The number of hydrogen-bond acceptors (Lipinski definition) is 5. The molecule has 2 aromatic rings. The largest absolute Gasteiger partial charge is 0.361 e. The highest BCUT2D eigenvalue weighted by molar-refractivity contribution is 5.95. The van der Waals surface area contributed by atoms with Crippen LogP contribution in [0.15, 0.2) is 16.9 Å². The standard InChI is InChI=1S/C16H20N4O2/c1-10-13(11(2)22-20-10)4-6-19-16(21)15-9-18-8-12-7-17-5-3-14(12)15/h8-9,17H,3-7H2,1-2H3,(H,19,21). The summed E-state index contributed by atoms with van der Waals surface area (Å²) in [5.41, 5.74) is 4.88. The molecule has 0 radical (unpaired) electrons. The summed E-state index contributed by atoms with van der Waals surface area (Å²) in [7, 11) is 0. The maximum Gasteiger partial charge on any atom is 0.253 e. The highest BCUT2D eigenvalue weighted by atomic mass is 16.5. The molecule has 0 bridgehead atoms. The molecule has 2 N–H and O–H groups in total. The summed E-state index contributed by atoms with van der Waals surface area (Å²) >= 11 is 0. The summed E-state index contributed by atoms with van der Waals surface area (Å²) in [6, 6.07) is 0. The molecule has 6 heteroatoms. The van der Waals surface area contributed by atoms with E-state index in [-0.39, 0.29) is 5.91 Å². The van der Waals surface area contributed by atoms with E-state index in [1.807, 2.05) is 20.0 Å². The minimum Gasteiger partial charge on any atom is -0.361 e. The number of aromatic nitrogens is 2. The molecule has 0 unspecified atom stereocenters. The first-order valence-electron chi connectivity index (χ1n) is 7.53. The molecule has 0 spiro atoms. The lowest BCUT2D eigenvalue weighted by Crippen LogP contribution is -2.30. The minimum absolute atomic E-state index is 0.0574. The van der Waals surface area contributed by atoms with E-state index in [4.69, 9.17) is 4.52 Å². The lowest BCUT2D eigenvalue weighted by atomic mass is 9.98. The van der Waals surface area contributed by atoms with Gasteiger partial charge in [0, 0.05) is 31.0 Å². The Bertz CT molecular complexity index is 674. The molecule has 1 aliphatic heterocycles. The van der Waals surface area contributed by atoms with Gasteiger partial charge in [0.2, 0.25) is 0 Å². The predicted octanol–water partition coefficient (Wildman–Crippen LogP) is 1.30.